The summed E-state index contributed by atoms with van der Waals surface area (Å²) in [6, 6.07) is 17.5. The van der Waals surface area contributed by atoms with Crippen LogP contribution in [0.4, 0.5) is 0 Å². The molecule has 2 heterocycles. The maximum atomic E-state index is 6.12. The first kappa shape index (κ1) is 16.3. The van der Waals surface area contributed by atoms with Crippen LogP contribution in [0.25, 0.3) is 0 Å². The van der Waals surface area contributed by atoms with Crippen molar-refractivity contribution < 1.29 is 0 Å². The van der Waals surface area contributed by atoms with Crippen LogP contribution in [0.1, 0.15) is 16.0 Å². The van der Waals surface area contributed by atoms with E-state index in [1.54, 1.807) is 12.5 Å². The van der Waals surface area contributed by atoms with E-state index in [-0.39, 0.29) is 0 Å². The van der Waals surface area contributed by atoms with Crippen molar-refractivity contribution in [2.45, 2.75) is 5.54 Å². The van der Waals surface area contributed by atoms with Gasteiger partial charge in [-0.15, -0.1) is 0 Å². The third-order valence-corrected chi connectivity index (χ3v) is 5.44. The fraction of sp³-hybridized carbons (Fsp3) is 0.0556. The van der Waals surface area contributed by atoms with Crippen molar-refractivity contribution in [3.63, 3.8) is 0 Å². The van der Waals surface area contributed by atoms with Crippen molar-refractivity contribution in [2.75, 3.05) is 0 Å². The lowest BCUT2D eigenvalue weighted by molar-refractivity contribution is 0.466. The van der Waals surface area contributed by atoms with Crippen LogP contribution < -0.4 is 0 Å². The molecule has 124 valence electrons. The minimum absolute atomic E-state index is 0.677. The lowest BCUT2D eigenvalue weighted by Gasteiger charge is -2.34. The summed E-state index contributed by atoms with van der Waals surface area (Å²) < 4.78 is 6.15. The van der Waals surface area contributed by atoms with E-state index < -0.39 is 5.54 Å². The molecule has 0 saturated heterocycles. The van der Waals surface area contributed by atoms with E-state index >= 15 is 0 Å². The quantitative estimate of drug-likeness (QED) is 0.501. The summed E-state index contributed by atoms with van der Waals surface area (Å²) in [6.45, 7) is 0. The van der Waals surface area contributed by atoms with Crippen LogP contribution in [0, 0.1) is 0 Å². The van der Waals surface area contributed by atoms with Gasteiger partial charge in [-0.05, 0) is 53.0 Å². The standard InChI is InChI=1S/C18H12Cl2N4S/c19-15-5-1-13(2-6-15)18(17-9-10-23-25-17,24-12-21-11-22-24)14-3-7-16(20)8-4-14/h1-12H. The van der Waals surface area contributed by atoms with Gasteiger partial charge in [0.25, 0.3) is 0 Å². The summed E-state index contributed by atoms with van der Waals surface area (Å²) in [6.07, 6.45) is 5.03. The zero-order valence-corrected chi connectivity index (χ0v) is 15.2. The number of halogens is 2. The first-order chi connectivity index (χ1) is 12.2. The number of aromatic nitrogens is 4. The highest BCUT2D eigenvalue weighted by Gasteiger charge is 2.40. The molecule has 4 rings (SSSR count). The third kappa shape index (κ3) is 2.74. The summed E-state index contributed by atoms with van der Waals surface area (Å²) in [5.74, 6) is 0. The van der Waals surface area contributed by atoms with Gasteiger partial charge in [0.2, 0.25) is 0 Å². The van der Waals surface area contributed by atoms with E-state index in [0.717, 1.165) is 16.0 Å². The van der Waals surface area contributed by atoms with Crippen LogP contribution in [0.15, 0.2) is 73.4 Å². The summed E-state index contributed by atoms with van der Waals surface area (Å²) >= 11 is 13.7. The van der Waals surface area contributed by atoms with Crippen LogP contribution in [0.5, 0.6) is 0 Å². The molecule has 4 aromatic rings. The minimum atomic E-state index is -0.702. The summed E-state index contributed by atoms with van der Waals surface area (Å²) in [5, 5.41) is 5.82. The van der Waals surface area contributed by atoms with Crippen LogP contribution in [0.3, 0.4) is 0 Å². The first-order valence-corrected chi connectivity index (χ1v) is 9.02. The molecule has 0 radical (unpaired) electrons. The van der Waals surface area contributed by atoms with Gasteiger partial charge in [-0.25, -0.2) is 14.0 Å². The van der Waals surface area contributed by atoms with E-state index in [0.29, 0.717) is 10.0 Å². The Kier molecular flexibility index (Phi) is 4.29. The second-order valence-corrected chi connectivity index (χ2v) is 7.15. The van der Waals surface area contributed by atoms with Crippen molar-refractivity contribution in [1.82, 2.24) is 19.1 Å². The van der Waals surface area contributed by atoms with E-state index in [9.17, 15) is 0 Å². The van der Waals surface area contributed by atoms with Gasteiger partial charge in [0.15, 0.2) is 0 Å². The first-order valence-electron chi connectivity index (χ1n) is 7.49. The Morgan fingerprint density at radius 3 is 1.88 bits per heavy atom. The van der Waals surface area contributed by atoms with Gasteiger partial charge >= 0.3 is 0 Å². The van der Waals surface area contributed by atoms with Gasteiger partial charge in [0.05, 0.1) is 4.88 Å². The number of rotatable bonds is 4. The topological polar surface area (TPSA) is 43.6 Å². The second kappa shape index (κ2) is 6.59. The average Bonchev–Trinajstić information content (AvgIpc) is 3.33. The molecule has 2 aromatic heterocycles. The van der Waals surface area contributed by atoms with E-state index in [2.05, 4.69) is 14.5 Å². The molecule has 0 atom stereocenters. The number of benzene rings is 2. The maximum Gasteiger partial charge on any atom is 0.150 e. The number of hydrogen-bond donors (Lipinski definition) is 0. The van der Waals surface area contributed by atoms with Gasteiger partial charge in [0, 0.05) is 16.2 Å². The Morgan fingerprint density at radius 2 is 1.44 bits per heavy atom. The fourth-order valence-corrected chi connectivity index (χ4v) is 4.06. The summed E-state index contributed by atoms with van der Waals surface area (Å²) in [4.78, 5) is 5.18. The Labute approximate surface area is 158 Å². The minimum Gasteiger partial charge on any atom is -0.232 e. The van der Waals surface area contributed by atoms with Gasteiger partial charge in [0.1, 0.15) is 18.2 Å². The molecule has 0 aliphatic rings. The van der Waals surface area contributed by atoms with Gasteiger partial charge in [-0.3, -0.25) is 0 Å². The number of hydrogen-bond acceptors (Lipinski definition) is 4. The molecule has 0 amide bonds. The third-order valence-electron chi connectivity index (χ3n) is 4.08. The van der Waals surface area contributed by atoms with Crippen LogP contribution in [0.2, 0.25) is 10.0 Å². The Balaban J connectivity index is 2.08. The molecule has 0 spiro atoms. The molecule has 2 aromatic carbocycles. The fourth-order valence-electron chi connectivity index (χ4n) is 2.99. The zero-order chi connectivity index (χ0) is 17.3. The van der Waals surface area contributed by atoms with Crippen LogP contribution >= 0.6 is 34.7 Å². The van der Waals surface area contributed by atoms with Crippen molar-refractivity contribution in [3.8, 4) is 0 Å². The Bertz CT molecular complexity index is 868. The molecule has 0 fully saturated rings. The highest BCUT2D eigenvalue weighted by Crippen LogP contribution is 2.42. The van der Waals surface area contributed by atoms with Crippen LogP contribution in [-0.4, -0.2) is 19.1 Å². The second-order valence-electron chi connectivity index (χ2n) is 5.44. The molecule has 4 nitrogen and oxygen atoms in total. The zero-order valence-electron chi connectivity index (χ0n) is 12.9. The molecule has 7 heteroatoms. The molecule has 0 aliphatic heterocycles. The summed E-state index contributed by atoms with van der Waals surface area (Å²) in [5.41, 5.74) is 1.32. The molecule has 0 saturated carbocycles. The molecule has 25 heavy (non-hydrogen) atoms. The predicted molar refractivity (Wildman–Crippen MR) is 100 cm³/mol. The predicted octanol–water partition coefficient (Wildman–Crippen LogP) is 4.88. The highest BCUT2D eigenvalue weighted by atomic mass is 35.5. The SMILES string of the molecule is Clc1ccc(C(c2ccc(Cl)cc2)(c2ccns2)n2cncn2)cc1. The van der Waals surface area contributed by atoms with E-state index in [4.69, 9.17) is 23.2 Å². The molecule has 0 unspecified atom stereocenters. The normalized spacial score (nSPS) is 11.6. The Morgan fingerprint density at radius 1 is 0.840 bits per heavy atom. The lowest BCUT2D eigenvalue weighted by Crippen LogP contribution is -2.37. The molecule has 0 aliphatic carbocycles. The molecule has 0 N–H and O–H groups in total. The maximum absolute atomic E-state index is 6.12. The summed E-state index contributed by atoms with van der Waals surface area (Å²) in [7, 11) is 0. The van der Waals surface area contributed by atoms with Crippen molar-refractivity contribution in [3.05, 3.63) is 99.5 Å². The smallest absolute Gasteiger partial charge is 0.150 e. The molecular weight excluding hydrogens is 375 g/mol. The van der Waals surface area contributed by atoms with Crippen molar-refractivity contribution in [2.24, 2.45) is 0 Å². The monoisotopic (exact) mass is 386 g/mol. The van der Waals surface area contributed by atoms with Crippen LogP contribution in [-0.2, 0) is 5.54 Å². The van der Waals surface area contributed by atoms with E-state index in [1.165, 1.54) is 17.9 Å². The average molecular weight is 387 g/mol. The largest absolute Gasteiger partial charge is 0.232 e. The van der Waals surface area contributed by atoms with Crippen molar-refractivity contribution >= 4 is 34.7 Å². The van der Waals surface area contributed by atoms with Crippen molar-refractivity contribution in [1.29, 1.82) is 0 Å². The van der Waals surface area contributed by atoms with Gasteiger partial charge < -0.3 is 0 Å². The molecular formula is C18H12Cl2N4S. The van der Waals surface area contributed by atoms with E-state index in [1.807, 2.05) is 59.3 Å². The molecule has 0 bridgehead atoms. The highest BCUT2D eigenvalue weighted by molar-refractivity contribution is 7.06. The van der Waals surface area contributed by atoms with Gasteiger partial charge in [-0.2, -0.15) is 5.10 Å². The Hall–Kier alpha value is -2.21. The van der Waals surface area contributed by atoms with Gasteiger partial charge in [-0.1, -0.05) is 47.5 Å². The lowest BCUT2D eigenvalue weighted by atomic mass is 9.81. The number of nitrogens with zero attached hydrogens (tertiary/aromatic N) is 4.